The fraction of sp³-hybridized carbons (Fsp3) is 0.182. The van der Waals surface area contributed by atoms with E-state index in [0.717, 1.165) is 0 Å². The van der Waals surface area contributed by atoms with Crippen molar-refractivity contribution in [3.8, 4) is 0 Å². The number of carbonyl (C=O) groups is 1. The van der Waals surface area contributed by atoms with Gasteiger partial charge in [0.2, 0.25) is 0 Å². The minimum absolute atomic E-state index is 0.328. The largest absolute Gasteiger partial charge is 0.380 e. The van der Waals surface area contributed by atoms with Crippen LogP contribution in [0.3, 0.4) is 0 Å². The van der Waals surface area contributed by atoms with Crippen LogP contribution in [0.15, 0.2) is 42.5 Å². The summed E-state index contributed by atoms with van der Waals surface area (Å²) >= 11 is 0. The Morgan fingerprint density at radius 2 is 1.92 bits per heavy atom. The molecule has 0 heterocycles. The van der Waals surface area contributed by atoms with Gasteiger partial charge in [0.05, 0.1) is 0 Å². The topological polar surface area (TPSA) is 37.3 Å². The van der Waals surface area contributed by atoms with E-state index in [1.807, 2.05) is 6.07 Å². The van der Waals surface area contributed by atoms with Crippen molar-refractivity contribution in [2.24, 2.45) is 0 Å². The van der Waals surface area contributed by atoms with E-state index in [0.29, 0.717) is 11.1 Å². The molecule has 0 radical (unpaired) electrons. The third-order valence-corrected chi connectivity index (χ3v) is 1.78. The van der Waals surface area contributed by atoms with Crippen LogP contribution in [0.1, 0.15) is 18.6 Å². The number of aliphatic hydroxyl groups excluding tert-OH is 1. The number of ketones is 1. The molecule has 2 heteroatoms. The zero-order valence-electron chi connectivity index (χ0n) is 7.53. The third kappa shape index (κ3) is 2.26. The Kier molecular flexibility index (Phi) is 2.98. The quantitative estimate of drug-likeness (QED) is 0.714. The summed E-state index contributed by atoms with van der Waals surface area (Å²) in [7, 11) is 0. The lowest BCUT2D eigenvalue weighted by molar-refractivity contribution is -0.123. The van der Waals surface area contributed by atoms with Crippen LogP contribution in [0.5, 0.6) is 0 Å². The van der Waals surface area contributed by atoms with E-state index in [1.165, 1.54) is 0 Å². The van der Waals surface area contributed by atoms with Gasteiger partial charge in [0, 0.05) is 0 Å². The summed E-state index contributed by atoms with van der Waals surface area (Å²) in [5, 5.41) is 9.55. The van der Waals surface area contributed by atoms with Crippen molar-refractivity contribution in [1.82, 2.24) is 0 Å². The summed E-state index contributed by atoms with van der Waals surface area (Å²) in [5.74, 6) is -0.328. The van der Waals surface area contributed by atoms with E-state index < -0.39 is 6.10 Å². The van der Waals surface area contributed by atoms with Gasteiger partial charge in [0.25, 0.3) is 0 Å². The summed E-state index contributed by atoms with van der Waals surface area (Å²) in [6.45, 7) is 5.08. The summed E-state index contributed by atoms with van der Waals surface area (Å²) in [6.07, 6.45) is -1.07. The molecule has 0 aliphatic carbocycles. The van der Waals surface area contributed by atoms with E-state index in [-0.39, 0.29) is 5.78 Å². The molecule has 0 fully saturated rings. The Hall–Kier alpha value is -1.41. The zero-order chi connectivity index (χ0) is 9.84. The van der Waals surface area contributed by atoms with Gasteiger partial charge >= 0.3 is 0 Å². The molecule has 0 aliphatic rings. The van der Waals surface area contributed by atoms with Crippen molar-refractivity contribution in [2.45, 2.75) is 13.0 Å². The number of hydrogen-bond donors (Lipinski definition) is 1. The Bertz CT molecular complexity index is 314. The SMILES string of the molecule is C=C(C)C(=O)C(O)c1ccccc1. The molecule has 1 aromatic rings. The maximum Gasteiger partial charge on any atom is 0.190 e. The van der Waals surface area contributed by atoms with Crippen LogP contribution < -0.4 is 0 Å². The standard InChI is InChI=1S/C11H12O2/c1-8(2)10(12)11(13)9-6-4-3-5-7-9/h3-7,11,13H,1H2,2H3. The van der Waals surface area contributed by atoms with Crippen molar-refractivity contribution in [2.75, 3.05) is 0 Å². The van der Waals surface area contributed by atoms with E-state index in [4.69, 9.17) is 0 Å². The lowest BCUT2D eigenvalue weighted by Crippen LogP contribution is -2.11. The molecule has 2 nitrogen and oxygen atoms in total. The van der Waals surface area contributed by atoms with Crippen LogP contribution >= 0.6 is 0 Å². The minimum atomic E-state index is -1.07. The molecule has 0 saturated carbocycles. The van der Waals surface area contributed by atoms with Gasteiger partial charge in [-0.25, -0.2) is 0 Å². The Morgan fingerprint density at radius 1 is 1.38 bits per heavy atom. The van der Waals surface area contributed by atoms with Crippen molar-refractivity contribution in [3.63, 3.8) is 0 Å². The third-order valence-electron chi connectivity index (χ3n) is 1.78. The average Bonchev–Trinajstić information content (AvgIpc) is 2.17. The summed E-state index contributed by atoms with van der Waals surface area (Å²) in [4.78, 5) is 11.3. The number of benzene rings is 1. The van der Waals surface area contributed by atoms with Gasteiger partial charge in [0.15, 0.2) is 5.78 Å². The van der Waals surface area contributed by atoms with Gasteiger partial charge in [0.1, 0.15) is 6.10 Å². The fourth-order valence-electron chi connectivity index (χ4n) is 1.02. The molecule has 13 heavy (non-hydrogen) atoms. The first-order chi connectivity index (χ1) is 6.13. The summed E-state index contributed by atoms with van der Waals surface area (Å²) < 4.78 is 0. The van der Waals surface area contributed by atoms with Crippen LogP contribution in [-0.4, -0.2) is 10.9 Å². The molecule has 0 aliphatic heterocycles. The van der Waals surface area contributed by atoms with Gasteiger partial charge < -0.3 is 5.11 Å². The fourth-order valence-corrected chi connectivity index (χ4v) is 1.02. The van der Waals surface area contributed by atoms with E-state index >= 15 is 0 Å². The second-order valence-corrected chi connectivity index (χ2v) is 2.96. The Morgan fingerprint density at radius 3 is 2.38 bits per heavy atom. The maximum absolute atomic E-state index is 11.3. The number of hydrogen-bond acceptors (Lipinski definition) is 2. The van der Waals surface area contributed by atoms with Crippen LogP contribution in [-0.2, 0) is 4.79 Å². The van der Waals surface area contributed by atoms with E-state index in [2.05, 4.69) is 6.58 Å². The lowest BCUT2D eigenvalue weighted by atomic mass is 10.0. The molecule has 1 unspecified atom stereocenters. The second kappa shape index (κ2) is 4.01. The second-order valence-electron chi connectivity index (χ2n) is 2.96. The number of Topliss-reactive ketones (excluding diaryl/α,β-unsaturated/α-hetero) is 1. The van der Waals surface area contributed by atoms with Crippen LogP contribution in [0.2, 0.25) is 0 Å². The van der Waals surface area contributed by atoms with Gasteiger partial charge in [-0.05, 0) is 18.1 Å². The maximum atomic E-state index is 11.3. The predicted molar refractivity (Wildman–Crippen MR) is 51.2 cm³/mol. The first-order valence-electron chi connectivity index (χ1n) is 4.05. The molecule has 0 bridgehead atoms. The Balaban J connectivity index is 2.86. The predicted octanol–water partition coefficient (Wildman–Crippen LogP) is 1.87. The highest BCUT2D eigenvalue weighted by atomic mass is 16.3. The highest BCUT2D eigenvalue weighted by molar-refractivity contribution is 5.98. The molecule has 1 atom stereocenters. The van der Waals surface area contributed by atoms with Crippen molar-refractivity contribution in [3.05, 3.63) is 48.0 Å². The normalized spacial score (nSPS) is 12.2. The van der Waals surface area contributed by atoms with Gasteiger partial charge in [-0.2, -0.15) is 0 Å². The highest BCUT2D eigenvalue weighted by Gasteiger charge is 2.16. The van der Waals surface area contributed by atoms with Gasteiger partial charge in [-0.3, -0.25) is 4.79 Å². The average molecular weight is 176 g/mol. The lowest BCUT2D eigenvalue weighted by Gasteiger charge is -2.08. The summed E-state index contributed by atoms with van der Waals surface area (Å²) in [5.41, 5.74) is 0.979. The van der Waals surface area contributed by atoms with Crippen molar-refractivity contribution in [1.29, 1.82) is 0 Å². The van der Waals surface area contributed by atoms with Gasteiger partial charge in [-0.1, -0.05) is 36.9 Å². The first kappa shape index (κ1) is 9.68. The van der Waals surface area contributed by atoms with E-state index in [9.17, 15) is 9.90 Å². The summed E-state index contributed by atoms with van der Waals surface area (Å²) in [6, 6.07) is 8.83. The molecule has 0 amide bonds. The van der Waals surface area contributed by atoms with Crippen molar-refractivity contribution < 1.29 is 9.90 Å². The van der Waals surface area contributed by atoms with Crippen LogP contribution in [0.25, 0.3) is 0 Å². The Labute approximate surface area is 77.5 Å². The molecule has 0 aromatic heterocycles. The molecule has 1 rings (SSSR count). The van der Waals surface area contributed by atoms with Gasteiger partial charge in [-0.15, -0.1) is 0 Å². The first-order valence-corrected chi connectivity index (χ1v) is 4.05. The highest BCUT2D eigenvalue weighted by Crippen LogP contribution is 2.15. The number of carbonyl (C=O) groups excluding carboxylic acids is 1. The van der Waals surface area contributed by atoms with Crippen molar-refractivity contribution >= 4 is 5.78 Å². The molecular formula is C11H12O2. The smallest absolute Gasteiger partial charge is 0.190 e. The number of rotatable bonds is 3. The molecule has 0 saturated heterocycles. The monoisotopic (exact) mass is 176 g/mol. The van der Waals surface area contributed by atoms with Crippen LogP contribution in [0.4, 0.5) is 0 Å². The molecular weight excluding hydrogens is 164 g/mol. The molecule has 1 aromatic carbocycles. The minimum Gasteiger partial charge on any atom is -0.380 e. The van der Waals surface area contributed by atoms with E-state index in [1.54, 1.807) is 31.2 Å². The van der Waals surface area contributed by atoms with Crippen LogP contribution in [0, 0.1) is 0 Å². The molecule has 0 spiro atoms. The zero-order valence-corrected chi connectivity index (χ0v) is 7.53. The molecule has 68 valence electrons. The number of aliphatic hydroxyl groups is 1. The molecule has 1 N–H and O–H groups in total.